The van der Waals surface area contributed by atoms with Crippen LogP contribution in [0.2, 0.25) is 0 Å². The summed E-state index contributed by atoms with van der Waals surface area (Å²) in [6.45, 7) is 25.7. The molecule has 0 aromatic heterocycles. The molecule has 0 saturated heterocycles. The predicted molar refractivity (Wildman–Crippen MR) is 166 cm³/mol. The van der Waals surface area contributed by atoms with Gasteiger partial charge in [0, 0.05) is 23.1 Å². The van der Waals surface area contributed by atoms with Crippen LogP contribution >= 0.6 is 0 Å². The van der Waals surface area contributed by atoms with Gasteiger partial charge in [0.1, 0.15) is 0 Å². The van der Waals surface area contributed by atoms with Crippen LogP contribution in [0.25, 0.3) is 11.1 Å². The van der Waals surface area contributed by atoms with Crippen molar-refractivity contribution >= 4 is 11.1 Å². The minimum absolute atomic E-state index is 0.153. The lowest BCUT2D eigenvalue weighted by atomic mass is 9.77. The van der Waals surface area contributed by atoms with Crippen molar-refractivity contribution in [2.45, 2.75) is 125 Å². The molecule has 0 N–H and O–H groups in total. The Balaban J connectivity index is 2.55. The molecule has 0 nitrogen and oxygen atoms in total. The second kappa shape index (κ2) is 12.2. The maximum atomic E-state index is 14.5. The monoisotopic (exact) mass is 549 g/mol. The van der Waals surface area contributed by atoms with E-state index in [1.165, 1.54) is 23.6 Å². The van der Waals surface area contributed by atoms with E-state index in [0.29, 0.717) is 23.0 Å². The van der Waals surface area contributed by atoms with E-state index in [1.807, 2.05) is 0 Å². The number of allylic oxidation sites excluding steroid dienone is 3. The quantitative estimate of drug-likeness (QED) is 0.287. The van der Waals surface area contributed by atoms with Crippen LogP contribution in [0.15, 0.2) is 41.6 Å². The molecule has 0 amide bonds. The first-order valence-corrected chi connectivity index (χ1v) is 14.9. The van der Waals surface area contributed by atoms with Gasteiger partial charge in [0.25, 0.3) is 0 Å². The van der Waals surface area contributed by atoms with E-state index in [1.54, 1.807) is 0 Å². The van der Waals surface area contributed by atoms with Gasteiger partial charge < -0.3 is 0 Å². The van der Waals surface area contributed by atoms with Gasteiger partial charge in [0.15, 0.2) is 0 Å². The highest BCUT2D eigenvalue weighted by atomic mass is 19.4. The van der Waals surface area contributed by atoms with Crippen LogP contribution < -0.4 is 0 Å². The topological polar surface area (TPSA) is 0 Å². The van der Waals surface area contributed by atoms with Crippen molar-refractivity contribution in [2.75, 3.05) is 0 Å². The lowest BCUT2D eigenvalue weighted by Crippen LogP contribution is -2.17. The van der Waals surface area contributed by atoms with Gasteiger partial charge in [-0.05, 0) is 86.1 Å². The highest BCUT2D eigenvalue weighted by Gasteiger charge is 2.37. The number of hydrogen-bond acceptors (Lipinski definition) is 0. The van der Waals surface area contributed by atoms with Crippen molar-refractivity contribution in [2.24, 2.45) is 0 Å². The highest BCUT2D eigenvalue weighted by Crippen LogP contribution is 2.45. The Morgan fingerprint density at radius 2 is 0.825 bits per heavy atom. The molecule has 0 fully saturated rings. The second-order valence-electron chi connectivity index (χ2n) is 13.3. The van der Waals surface area contributed by atoms with Crippen LogP contribution in [-0.4, -0.2) is 6.18 Å². The molecule has 1 aliphatic rings. The van der Waals surface area contributed by atoms with E-state index in [4.69, 9.17) is 0 Å². The summed E-state index contributed by atoms with van der Waals surface area (Å²) in [6.07, 6.45) is -1.84. The molecule has 0 atom stereocenters. The van der Waals surface area contributed by atoms with E-state index < -0.39 is 11.7 Å². The van der Waals surface area contributed by atoms with Gasteiger partial charge in [-0.1, -0.05) is 107 Å². The summed E-state index contributed by atoms with van der Waals surface area (Å²) in [5, 5.41) is 0. The molecule has 217 valence electrons. The Bertz CT molecular complexity index is 1280. The van der Waals surface area contributed by atoms with Crippen LogP contribution in [0.5, 0.6) is 0 Å². The third-order valence-corrected chi connectivity index (χ3v) is 8.00. The molecule has 3 heteroatoms. The number of rotatable bonds is 8. The van der Waals surface area contributed by atoms with Gasteiger partial charge in [0.2, 0.25) is 0 Å². The van der Waals surface area contributed by atoms with Gasteiger partial charge in [-0.2, -0.15) is 13.2 Å². The minimum Gasteiger partial charge on any atom is -0.166 e. The van der Waals surface area contributed by atoms with Crippen molar-refractivity contribution in [1.82, 2.24) is 0 Å². The maximum absolute atomic E-state index is 14.5. The third-order valence-electron chi connectivity index (χ3n) is 8.00. The number of alkyl halides is 3. The van der Waals surface area contributed by atoms with Gasteiger partial charge in [-0.25, -0.2) is 0 Å². The van der Waals surface area contributed by atoms with Crippen molar-refractivity contribution in [1.29, 1.82) is 0 Å². The molecule has 0 spiro atoms. The normalized spacial score (nSPS) is 14.7. The summed E-state index contributed by atoms with van der Waals surface area (Å²) in [6, 6.07) is 8.78. The molecular weight excluding hydrogens is 501 g/mol. The standard InChI is InChI=1S/C37H48F3/c1-20(2)26-16-31(22(5)6)35(32(17-26)23(7)8)28-13-29(15-30(14-28)37(38,39)40)36-33(24(9)10)18-27(21(3)4)19-34(36)25(11)12/h14-25H,1-12H3. The van der Waals surface area contributed by atoms with Gasteiger partial charge in [-0.15, -0.1) is 5.73 Å². The lowest BCUT2D eigenvalue weighted by Gasteiger charge is -2.27. The van der Waals surface area contributed by atoms with E-state index in [-0.39, 0.29) is 23.7 Å². The van der Waals surface area contributed by atoms with Gasteiger partial charge in [0.05, 0.1) is 0 Å². The van der Waals surface area contributed by atoms with E-state index >= 15 is 0 Å². The molecule has 3 rings (SSSR count). The Morgan fingerprint density at radius 3 is 1.10 bits per heavy atom. The molecule has 0 heterocycles. The van der Waals surface area contributed by atoms with E-state index in [9.17, 15) is 13.2 Å². The van der Waals surface area contributed by atoms with Crippen molar-refractivity contribution in [3.05, 3.63) is 92.6 Å². The summed E-state index contributed by atoms with van der Waals surface area (Å²) in [4.78, 5) is 0. The zero-order valence-electron chi connectivity index (χ0n) is 26.6. The lowest BCUT2D eigenvalue weighted by molar-refractivity contribution is -0.0892. The minimum atomic E-state index is -4.47. The summed E-state index contributed by atoms with van der Waals surface area (Å²) in [7, 11) is 0. The molecule has 0 bridgehead atoms. The average Bonchev–Trinajstić information content (AvgIpc) is 2.85. The summed E-state index contributed by atoms with van der Waals surface area (Å²) >= 11 is 0. The highest BCUT2D eigenvalue weighted by molar-refractivity contribution is 5.92. The second-order valence-corrected chi connectivity index (χ2v) is 13.3. The average molecular weight is 550 g/mol. The Morgan fingerprint density at radius 1 is 0.500 bits per heavy atom. The van der Waals surface area contributed by atoms with Crippen LogP contribution in [-0.2, 0) is 0 Å². The van der Waals surface area contributed by atoms with Crippen LogP contribution in [0, 0.1) is 6.42 Å². The summed E-state index contributed by atoms with van der Waals surface area (Å²) in [5.74, 6) is 1.26. The Hall–Kier alpha value is -2.51. The maximum Gasteiger partial charge on any atom is 0.413 e. The molecule has 2 aromatic rings. The van der Waals surface area contributed by atoms with Crippen molar-refractivity contribution in [3.8, 4) is 0 Å². The number of halogens is 3. The third kappa shape index (κ3) is 6.68. The largest absolute Gasteiger partial charge is 0.413 e. The van der Waals surface area contributed by atoms with Crippen molar-refractivity contribution < 1.29 is 13.2 Å². The van der Waals surface area contributed by atoms with E-state index in [0.717, 1.165) is 33.4 Å². The molecule has 1 aliphatic carbocycles. The molecule has 0 aliphatic heterocycles. The fourth-order valence-corrected chi connectivity index (χ4v) is 5.54. The van der Waals surface area contributed by atoms with Crippen LogP contribution in [0.1, 0.15) is 163 Å². The first kappa shape index (κ1) is 32.0. The smallest absolute Gasteiger partial charge is 0.166 e. The Kier molecular flexibility index (Phi) is 9.73. The van der Waals surface area contributed by atoms with Crippen LogP contribution in [0.4, 0.5) is 13.2 Å². The molecular formula is C37H48F3. The SMILES string of the molecule is CC(C)c1cc(C(C)C)c(C2=C=C(c3c(C(C)C)cc(C(C)C)cc3C(C)C)C=C(C(F)(F)F)[CH]2)c(C(C)C)c1. The number of benzene rings is 2. The fourth-order valence-electron chi connectivity index (χ4n) is 5.54. The molecule has 1 radical (unpaired) electrons. The molecule has 2 aromatic carbocycles. The van der Waals surface area contributed by atoms with Gasteiger partial charge >= 0.3 is 6.18 Å². The van der Waals surface area contributed by atoms with Crippen LogP contribution in [0.3, 0.4) is 0 Å². The number of hydrogen-bond donors (Lipinski definition) is 0. The zero-order valence-corrected chi connectivity index (χ0v) is 26.6. The first-order valence-electron chi connectivity index (χ1n) is 14.9. The summed E-state index contributed by atoms with van der Waals surface area (Å²) in [5.41, 5.74) is 12.6. The first-order chi connectivity index (χ1) is 18.4. The molecule has 0 saturated carbocycles. The molecule has 0 unspecified atom stereocenters. The predicted octanol–water partition coefficient (Wildman–Crippen LogP) is 12.2. The van der Waals surface area contributed by atoms with Gasteiger partial charge in [-0.3, -0.25) is 0 Å². The fraction of sp³-hybridized carbons (Fsp3) is 0.514. The van der Waals surface area contributed by atoms with E-state index in [2.05, 4.69) is 113 Å². The summed E-state index contributed by atoms with van der Waals surface area (Å²) < 4.78 is 43.6. The zero-order chi connectivity index (χ0) is 30.3. The Labute approximate surface area is 241 Å². The van der Waals surface area contributed by atoms with Crippen molar-refractivity contribution in [3.63, 3.8) is 0 Å². The molecule has 40 heavy (non-hydrogen) atoms.